The Bertz CT molecular complexity index is 509. The maximum absolute atomic E-state index is 11.3. The fraction of sp³-hybridized carbons (Fsp3) is 0.615. The van der Waals surface area contributed by atoms with Gasteiger partial charge in [0.15, 0.2) is 5.16 Å². The van der Waals surface area contributed by atoms with Crippen molar-refractivity contribution in [2.75, 3.05) is 5.75 Å². The van der Waals surface area contributed by atoms with Crippen molar-refractivity contribution in [3.8, 4) is 0 Å². The molecule has 1 aliphatic rings. The van der Waals surface area contributed by atoms with Gasteiger partial charge in [-0.15, -0.1) is 0 Å². The first-order chi connectivity index (χ1) is 9.08. The number of carboxylic acids is 1. The average Bonchev–Trinajstić information content (AvgIpc) is 2.89. The molecule has 5 nitrogen and oxygen atoms in total. The SMILES string of the molecule is CC(C1CCCC1)n1ccc(=O)nc1SCC(=O)O. The van der Waals surface area contributed by atoms with Crippen LogP contribution in [-0.4, -0.2) is 26.4 Å². The van der Waals surface area contributed by atoms with E-state index in [1.807, 2.05) is 4.57 Å². The molecule has 1 aromatic rings. The van der Waals surface area contributed by atoms with E-state index in [1.165, 1.54) is 31.7 Å². The quantitative estimate of drug-likeness (QED) is 0.662. The van der Waals surface area contributed by atoms with Crippen LogP contribution in [0.1, 0.15) is 38.6 Å². The molecule has 1 atom stereocenters. The number of nitrogens with zero attached hydrogens (tertiary/aromatic N) is 2. The van der Waals surface area contributed by atoms with Crippen LogP contribution in [0.2, 0.25) is 0 Å². The Balaban J connectivity index is 2.22. The van der Waals surface area contributed by atoms with Crippen LogP contribution in [0.25, 0.3) is 0 Å². The highest BCUT2D eigenvalue weighted by Crippen LogP contribution is 2.35. The Morgan fingerprint density at radius 1 is 1.58 bits per heavy atom. The van der Waals surface area contributed by atoms with Crippen LogP contribution in [0.5, 0.6) is 0 Å². The van der Waals surface area contributed by atoms with E-state index >= 15 is 0 Å². The molecule has 0 aromatic carbocycles. The normalized spacial score (nSPS) is 17.5. The first-order valence-corrected chi connectivity index (χ1v) is 7.50. The van der Waals surface area contributed by atoms with Gasteiger partial charge in [0.2, 0.25) is 0 Å². The van der Waals surface area contributed by atoms with E-state index in [1.54, 1.807) is 6.20 Å². The Kier molecular flexibility index (Phi) is 4.63. The number of carboxylic acid groups (broad SMARTS) is 1. The summed E-state index contributed by atoms with van der Waals surface area (Å²) < 4.78 is 1.95. The number of hydrogen-bond donors (Lipinski definition) is 1. The third-order valence-electron chi connectivity index (χ3n) is 3.65. The second-order valence-electron chi connectivity index (χ2n) is 4.92. The third-order valence-corrected chi connectivity index (χ3v) is 4.60. The second kappa shape index (κ2) is 6.23. The summed E-state index contributed by atoms with van der Waals surface area (Å²) in [6, 6.07) is 1.70. The molecule has 0 spiro atoms. The number of rotatable bonds is 5. The first kappa shape index (κ1) is 14.1. The largest absolute Gasteiger partial charge is 0.481 e. The van der Waals surface area contributed by atoms with Gasteiger partial charge in [0.25, 0.3) is 5.56 Å². The predicted octanol–water partition coefficient (Wildman–Crippen LogP) is 2.17. The van der Waals surface area contributed by atoms with Gasteiger partial charge in [0, 0.05) is 18.3 Å². The standard InChI is InChI=1S/C13H18N2O3S/c1-9(10-4-2-3-5-10)15-7-6-11(16)14-13(15)19-8-12(17)18/h6-7,9-10H,2-5,8H2,1H3,(H,17,18). The van der Waals surface area contributed by atoms with E-state index in [0.717, 1.165) is 11.8 Å². The summed E-state index contributed by atoms with van der Waals surface area (Å²) in [6.07, 6.45) is 6.62. The van der Waals surface area contributed by atoms with Crippen LogP contribution < -0.4 is 5.56 Å². The van der Waals surface area contributed by atoms with Crippen LogP contribution in [0, 0.1) is 5.92 Å². The monoisotopic (exact) mass is 282 g/mol. The maximum atomic E-state index is 11.3. The Morgan fingerprint density at radius 2 is 2.26 bits per heavy atom. The zero-order chi connectivity index (χ0) is 13.8. The molecule has 1 aromatic heterocycles. The van der Waals surface area contributed by atoms with Crippen LogP contribution in [-0.2, 0) is 4.79 Å². The Hall–Kier alpha value is -1.30. The van der Waals surface area contributed by atoms with Crippen molar-refractivity contribution in [1.29, 1.82) is 0 Å². The fourth-order valence-electron chi connectivity index (χ4n) is 2.61. The summed E-state index contributed by atoms with van der Waals surface area (Å²) in [6.45, 7) is 2.12. The van der Waals surface area contributed by atoms with Crippen molar-refractivity contribution >= 4 is 17.7 Å². The van der Waals surface area contributed by atoms with E-state index in [2.05, 4.69) is 11.9 Å². The van der Waals surface area contributed by atoms with Crippen molar-refractivity contribution in [2.24, 2.45) is 5.92 Å². The average molecular weight is 282 g/mol. The number of hydrogen-bond acceptors (Lipinski definition) is 4. The molecule has 104 valence electrons. The summed E-state index contributed by atoms with van der Waals surface area (Å²) in [7, 11) is 0. The zero-order valence-corrected chi connectivity index (χ0v) is 11.7. The molecule has 6 heteroatoms. The first-order valence-electron chi connectivity index (χ1n) is 6.51. The molecule has 1 unspecified atom stereocenters. The summed E-state index contributed by atoms with van der Waals surface area (Å²) >= 11 is 1.11. The minimum atomic E-state index is -0.900. The zero-order valence-electron chi connectivity index (χ0n) is 10.9. The summed E-state index contributed by atoms with van der Waals surface area (Å²) in [4.78, 5) is 25.9. The van der Waals surface area contributed by atoms with E-state index in [4.69, 9.17) is 5.11 Å². The molecular weight excluding hydrogens is 264 g/mol. The van der Waals surface area contributed by atoms with Crippen molar-refractivity contribution in [3.05, 3.63) is 22.6 Å². The summed E-state index contributed by atoms with van der Waals surface area (Å²) in [5.74, 6) is -0.384. The highest BCUT2D eigenvalue weighted by Gasteiger charge is 2.24. The third kappa shape index (κ3) is 3.59. The Morgan fingerprint density at radius 3 is 2.89 bits per heavy atom. The van der Waals surface area contributed by atoms with E-state index in [-0.39, 0.29) is 17.4 Å². The highest BCUT2D eigenvalue weighted by molar-refractivity contribution is 7.99. The van der Waals surface area contributed by atoms with Gasteiger partial charge in [0.05, 0.1) is 5.75 Å². The van der Waals surface area contributed by atoms with Crippen molar-refractivity contribution < 1.29 is 9.90 Å². The molecule has 1 N–H and O–H groups in total. The number of aliphatic carboxylic acids is 1. The van der Waals surface area contributed by atoms with Crippen LogP contribution in [0.4, 0.5) is 0 Å². The molecule has 1 aliphatic carbocycles. The van der Waals surface area contributed by atoms with Crippen LogP contribution >= 0.6 is 11.8 Å². The lowest BCUT2D eigenvalue weighted by atomic mass is 10.00. The van der Waals surface area contributed by atoms with Gasteiger partial charge in [0.1, 0.15) is 0 Å². The van der Waals surface area contributed by atoms with Gasteiger partial charge < -0.3 is 9.67 Å². The van der Waals surface area contributed by atoms with Gasteiger partial charge in [-0.2, -0.15) is 4.98 Å². The van der Waals surface area contributed by atoms with Gasteiger partial charge in [-0.05, 0) is 25.7 Å². The highest BCUT2D eigenvalue weighted by atomic mass is 32.2. The van der Waals surface area contributed by atoms with E-state index < -0.39 is 5.97 Å². The van der Waals surface area contributed by atoms with Crippen molar-refractivity contribution in [1.82, 2.24) is 9.55 Å². The molecule has 0 bridgehead atoms. The summed E-state index contributed by atoms with van der Waals surface area (Å²) in [5, 5.41) is 9.26. The smallest absolute Gasteiger partial charge is 0.313 e. The molecule has 19 heavy (non-hydrogen) atoms. The summed E-state index contributed by atoms with van der Waals surface area (Å²) in [5.41, 5.74) is -0.317. The van der Waals surface area contributed by atoms with Gasteiger partial charge in [-0.1, -0.05) is 24.6 Å². The van der Waals surface area contributed by atoms with Crippen molar-refractivity contribution in [2.45, 2.75) is 43.8 Å². The molecule has 1 fully saturated rings. The minimum absolute atomic E-state index is 0.0756. The van der Waals surface area contributed by atoms with Crippen molar-refractivity contribution in [3.63, 3.8) is 0 Å². The minimum Gasteiger partial charge on any atom is -0.481 e. The topological polar surface area (TPSA) is 72.2 Å². The lowest BCUT2D eigenvalue weighted by Crippen LogP contribution is -2.21. The Labute approximate surface area is 116 Å². The molecule has 2 rings (SSSR count). The molecule has 0 radical (unpaired) electrons. The molecule has 0 amide bonds. The lowest BCUT2D eigenvalue weighted by molar-refractivity contribution is -0.133. The van der Waals surface area contributed by atoms with Gasteiger partial charge >= 0.3 is 5.97 Å². The van der Waals surface area contributed by atoms with E-state index in [0.29, 0.717) is 11.1 Å². The lowest BCUT2D eigenvalue weighted by Gasteiger charge is -2.24. The molecule has 1 heterocycles. The maximum Gasteiger partial charge on any atom is 0.313 e. The van der Waals surface area contributed by atoms with Gasteiger partial charge in [-0.3, -0.25) is 9.59 Å². The predicted molar refractivity (Wildman–Crippen MR) is 73.5 cm³/mol. The van der Waals surface area contributed by atoms with Crippen LogP contribution in [0.3, 0.4) is 0 Å². The van der Waals surface area contributed by atoms with Gasteiger partial charge in [-0.25, -0.2) is 0 Å². The van der Waals surface area contributed by atoms with Crippen LogP contribution in [0.15, 0.2) is 22.2 Å². The molecule has 0 aliphatic heterocycles. The molecule has 1 saturated carbocycles. The second-order valence-corrected chi connectivity index (χ2v) is 5.87. The number of carbonyl (C=O) groups is 1. The molecule has 0 saturated heterocycles. The number of thioether (sulfide) groups is 1. The number of aromatic nitrogens is 2. The van der Waals surface area contributed by atoms with E-state index in [9.17, 15) is 9.59 Å². The fourth-order valence-corrected chi connectivity index (χ4v) is 3.39. The molecular formula is C13H18N2O3S.